The van der Waals surface area contributed by atoms with E-state index < -0.39 is 0 Å². The molecule has 0 saturated carbocycles. The van der Waals surface area contributed by atoms with E-state index in [4.69, 9.17) is 0 Å². The maximum Gasteiger partial charge on any atom is 0.205 e. The number of ketones is 1. The Morgan fingerprint density at radius 3 is 2.70 bits per heavy atom. The summed E-state index contributed by atoms with van der Waals surface area (Å²) in [5, 5.41) is 1.21. The van der Waals surface area contributed by atoms with Crippen molar-refractivity contribution in [3.8, 4) is 0 Å². The van der Waals surface area contributed by atoms with Gasteiger partial charge >= 0.3 is 0 Å². The molecule has 1 aliphatic rings. The number of aromatic nitrogens is 1. The third-order valence-electron chi connectivity index (χ3n) is 4.46. The molecule has 0 bridgehead atoms. The number of nitrogens with one attached hydrogen (secondary N) is 1. The van der Waals surface area contributed by atoms with Crippen LogP contribution in [0.3, 0.4) is 0 Å². The number of allylic oxidation sites excluding steroid dienone is 2. The fourth-order valence-corrected chi connectivity index (χ4v) is 3.16. The van der Waals surface area contributed by atoms with Crippen LogP contribution in [-0.2, 0) is 6.42 Å². The van der Waals surface area contributed by atoms with E-state index in [9.17, 15) is 4.79 Å². The standard InChI is InChI=1S/C18H21NO/c1-3-12(4-2)11-13-9-10-15-14-7-5-6-8-16(14)19-17(15)18(13)20/h5-8,11-12,19H,3-4,9-10H2,1-2H3. The number of carbonyl (C=O) groups excluding carboxylic acids is 1. The zero-order valence-electron chi connectivity index (χ0n) is 12.2. The van der Waals surface area contributed by atoms with Gasteiger partial charge in [0.15, 0.2) is 0 Å². The lowest BCUT2D eigenvalue weighted by molar-refractivity contribution is 0.102. The van der Waals surface area contributed by atoms with Gasteiger partial charge in [-0.2, -0.15) is 0 Å². The zero-order chi connectivity index (χ0) is 14.1. The Balaban J connectivity index is 2.03. The summed E-state index contributed by atoms with van der Waals surface area (Å²) in [4.78, 5) is 16.0. The summed E-state index contributed by atoms with van der Waals surface area (Å²) in [6.45, 7) is 4.37. The molecule has 1 heterocycles. The van der Waals surface area contributed by atoms with Gasteiger partial charge in [-0.05, 0) is 48.8 Å². The Hall–Kier alpha value is -1.83. The molecule has 3 rings (SSSR count). The molecule has 0 fully saturated rings. The lowest BCUT2D eigenvalue weighted by atomic mass is 9.87. The fraction of sp³-hybridized carbons (Fsp3) is 0.389. The molecule has 0 amide bonds. The van der Waals surface area contributed by atoms with Gasteiger partial charge in [0.05, 0.1) is 5.69 Å². The van der Waals surface area contributed by atoms with E-state index in [0.717, 1.165) is 42.5 Å². The number of aromatic amines is 1. The first kappa shape index (κ1) is 13.2. The average molecular weight is 267 g/mol. The number of Topliss-reactive ketones (excluding diaryl/α,β-unsaturated/α-hetero) is 1. The van der Waals surface area contributed by atoms with Gasteiger partial charge in [-0.1, -0.05) is 38.1 Å². The van der Waals surface area contributed by atoms with Gasteiger partial charge < -0.3 is 4.98 Å². The monoisotopic (exact) mass is 267 g/mol. The summed E-state index contributed by atoms with van der Waals surface area (Å²) in [5.74, 6) is 0.731. The smallest absolute Gasteiger partial charge is 0.205 e. The van der Waals surface area contributed by atoms with Crippen molar-refractivity contribution < 1.29 is 4.79 Å². The van der Waals surface area contributed by atoms with Crippen LogP contribution in [0.1, 0.15) is 49.2 Å². The molecule has 1 N–H and O–H groups in total. The Morgan fingerprint density at radius 1 is 1.20 bits per heavy atom. The van der Waals surface area contributed by atoms with Gasteiger partial charge in [-0.3, -0.25) is 4.79 Å². The van der Waals surface area contributed by atoms with E-state index in [2.05, 4.69) is 31.0 Å². The fourth-order valence-electron chi connectivity index (χ4n) is 3.16. The van der Waals surface area contributed by atoms with Crippen LogP contribution < -0.4 is 0 Å². The number of hydrogen-bond donors (Lipinski definition) is 1. The first-order valence-electron chi connectivity index (χ1n) is 7.59. The third-order valence-corrected chi connectivity index (χ3v) is 4.46. The Kier molecular flexibility index (Phi) is 3.47. The minimum Gasteiger partial charge on any atom is -0.352 e. The molecule has 2 aromatic rings. The van der Waals surface area contributed by atoms with E-state index in [1.165, 1.54) is 10.9 Å². The maximum absolute atomic E-state index is 12.7. The van der Waals surface area contributed by atoms with Gasteiger partial charge in [0.1, 0.15) is 0 Å². The normalized spacial score (nSPS) is 17.1. The summed E-state index contributed by atoms with van der Waals surface area (Å²) in [5.41, 5.74) is 4.09. The maximum atomic E-state index is 12.7. The van der Waals surface area contributed by atoms with Gasteiger partial charge in [0, 0.05) is 10.9 Å². The molecular weight excluding hydrogens is 246 g/mol. The number of aryl methyl sites for hydroxylation is 1. The van der Waals surface area contributed by atoms with Crippen LogP contribution in [0, 0.1) is 5.92 Å². The summed E-state index contributed by atoms with van der Waals surface area (Å²) in [7, 11) is 0. The molecule has 1 aliphatic carbocycles. The highest BCUT2D eigenvalue weighted by molar-refractivity contribution is 6.12. The second-order valence-corrected chi connectivity index (χ2v) is 5.62. The predicted molar refractivity (Wildman–Crippen MR) is 83.1 cm³/mol. The topological polar surface area (TPSA) is 32.9 Å². The number of benzene rings is 1. The molecule has 2 nitrogen and oxygen atoms in total. The lowest BCUT2D eigenvalue weighted by Crippen LogP contribution is -2.14. The minimum atomic E-state index is 0.203. The molecule has 104 valence electrons. The van der Waals surface area contributed by atoms with Crippen molar-refractivity contribution in [2.24, 2.45) is 5.92 Å². The Morgan fingerprint density at radius 2 is 1.95 bits per heavy atom. The minimum absolute atomic E-state index is 0.203. The SMILES string of the molecule is CCC(C=C1CCc2c([nH]c3ccccc23)C1=O)CC. The molecule has 0 unspecified atom stereocenters. The third kappa shape index (κ3) is 2.09. The number of H-pyrrole nitrogens is 1. The first-order chi connectivity index (χ1) is 9.74. The first-order valence-corrected chi connectivity index (χ1v) is 7.59. The van der Waals surface area contributed by atoms with E-state index in [-0.39, 0.29) is 5.78 Å². The number of fused-ring (bicyclic) bond motifs is 3. The van der Waals surface area contributed by atoms with E-state index >= 15 is 0 Å². The number of carbonyl (C=O) groups is 1. The average Bonchev–Trinajstić information content (AvgIpc) is 2.86. The Labute approximate surface area is 119 Å². The molecule has 0 saturated heterocycles. The number of hydrogen-bond acceptors (Lipinski definition) is 1. The van der Waals surface area contributed by atoms with Gasteiger partial charge in [-0.15, -0.1) is 0 Å². The highest BCUT2D eigenvalue weighted by Crippen LogP contribution is 2.32. The van der Waals surface area contributed by atoms with Crippen molar-refractivity contribution in [3.05, 3.63) is 47.2 Å². The highest BCUT2D eigenvalue weighted by Gasteiger charge is 2.25. The van der Waals surface area contributed by atoms with Crippen LogP contribution in [-0.4, -0.2) is 10.8 Å². The molecule has 2 heteroatoms. The van der Waals surface area contributed by atoms with Gasteiger partial charge in [-0.25, -0.2) is 0 Å². The van der Waals surface area contributed by atoms with E-state index in [1.54, 1.807) is 0 Å². The number of para-hydroxylation sites is 1. The van der Waals surface area contributed by atoms with Gasteiger partial charge in [0.25, 0.3) is 0 Å². The van der Waals surface area contributed by atoms with E-state index in [0.29, 0.717) is 5.92 Å². The molecule has 1 aromatic carbocycles. The van der Waals surface area contributed by atoms with Crippen LogP contribution in [0.15, 0.2) is 35.9 Å². The van der Waals surface area contributed by atoms with Crippen LogP contribution >= 0.6 is 0 Å². The molecule has 0 atom stereocenters. The second kappa shape index (κ2) is 5.28. The van der Waals surface area contributed by atoms with E-state index in [1.807, 2.05) is 18.2 Å². The van der Waals surface area contributed by atoms with Crippen molar-refractivity contribution >= 4 is 16.7 Å². The highest BCUT2D eigenvalue weighted by atomic mass is 16.1. The van der Waals surface area contributed by atoms with Crippen molar-refractivity contribution in [1.82, 2.24) is 4.98 Å². The Bertz CT molecular complexity index is 674. The molecule has 0 spiro atoms. The van der Waals surface area contributed by atoms with Crippen LogP contribution in [0.4, 0.5) is 0 Å². The summed E-state index contributed by atoms with van der Waals surface area (Å²) < 4.78 is 0. The molecule has 0 radical (unpaired) electrons. The van der Waals surface area contributed by atoms with Gasteiger partial charge in [0.2, 0.25) is 5.78 Å². The molecule has 20 heavy (non-hydrogen) atoms. The van der Waals surface area contributed by atoms with Crippen molar-refractivity contribution in [1.29, 1.82) is 0 Å². The second-order valence-electron chi connectivity index (χ2n) is 5.62. The molecule has 1 aromatic heterocycles. The molecular formula is C18H21NO. The van der Waals surface area contributed by atoms with Crippen LogP contribution in [0.2, 0.25) is 0 Å². The van der Waals surface area contributed by atoms with Crippen LogP contribution in [0.5, 0.6) is 0 Å². The predicted octanol–water partition coefficient (Wildman–Crippen LogP) is 4.66. The summed E-state index contributed by atoms with van der Waals surface area (Å²) in [6, 6.07) is 8.20. The zero-order valence-corrected chi connectivity index (χ0v) is 12.2. The quantitative estimate of drug-likeness (QED) is 0.806. The lowest BCUT2D eigenvalue weighted by Gasteiger charge is -2.16. The molecule has 0 aliphatic heterocycles. The van der Waals surface area contributed by atoms with Crippen molar-refractivity contribution in [3.63, 3.8) is 0 Å². The van der Waals surface area contributed by atoms with Crippen LogP contribution in [0.25, 0.3) is 10.9 Å². The van der Waals surface area contributed by atoms with Crippen molar-refractivity contribution in [2.75, 3.05) is 0 Å². The summed E-state index contributed by atoms with van der Waals surface area (Å²) >= 11 is 0. The number of rotatable bonds is 3. The summed E-state index contributed by atoms with van der Waals surface area (Å²) in [6.07, 6.45) is 6.26. The van der Waals surface area contributed by atoms with Crippen molar-refractivity contribution in [2.45, 2.75) is 39.5 Å². The largest absolute Gasteiger partial charge is 0.352 e.